The lowest BCUT2D eigenvalue weighted by molar-refractivity contribution is -0.128. The van der Waals surface area contributed by atoms with Crippen molar-refractivity contribution in [3.05, 3.63) is 141 Å². The third-order valence-corrected chi connectivity index (χ3v) is 7.60. The molecular formula is C31H24ClN3O3S. The third-order valence-electron chi connectivity index (χ3n) is 6.10. The number of thioether (sulfide) groups is 1. The fourth-order valence-corrected chi connectivity index (χ4v) is 5.30. The zero-order valence-corrected chi connectivity index (χ0v) is 22.5. The fourth-order valence-electron chi connectivity index (χ4n) is 3.99. The lowest BCUT2D eigenvalue weighted by atomic mass is 10.1. The number of carbonyl (C=O) groups is 3. The molecule has 0 bridgehead atoms. The Morgan fingerprint density at radius 3 is 2.10 bits per heavy atom. The quantitative estimate of drug-likeness (QED) is 0.256. The Bertz CT molecular complexity index is 1540. The van der Waals surface area contributed by atoms with Gasteiger partial charge in [-0.05, 0) is 72.7 Å². The van der Waals surface area contributed by atoms with Gasteiger partial charge in [0.25, 0.3) is 17.7 Å². The first kappa shape index (κ1) is 26.3. The van der Waals surface area contributed by atoms with Crippen molar-refractivity contribution in [1.29, 1.82) is 0 Å². The zero-order chi connectivity index (χ0) is 27.4. The van der Waals surface area contributed by atoms with E-state index in [0.717, 1.165) is 16.7 Å². The summed E-state index contributed by atoms with van der Waals surface area (Å²) in [5.41, 5.74) is 7.01. The predicted molar refractivity (Wildman–Crippen MR) is 156 cm³/mol. The van der Waals surface area contributed by atoms with Crippen LogP contribution in [-0.4, -0.2) is 22.7 Å². The van der Waals surface area contributed by atoms with E-state index in [0.29, 0.717) is 26.7 Å². The van der Waals surface area contributed by atoms with Crippen molar-refractivity contribution in [3.63, 3.8) is 0 Å². The number of hydrogen-bond donors (Lipinski definition) is 2. The average Bonchev–Trinajstić information content (AvgIpc) is 3.25. The molecule has 0 aliphatic carbocycles. The van der Waals surface area contributed by atoms with Crippen molar-refractivity contribution in [3.8, 4) is 0 Å². The van der Waals surface area contributed by atoms with E-state index in [2.05, 4.69) is 10.7 Å². The molecule has 1 aliphatic heterocycles. The molecule has 6 nitrogen and oxygen atoms in total. The van der Waals surface area contributed by atoms with Gasteiger partial charge in [-0.2, -0.15) is 0 Å². The van der Waals surface area contributed by atoms with Crippen LogP contribution in [-0.2, 0) is 4.79 Å². The number of hydrogen-bond acceptors (Lipinski definition) is 4. The monoisotopic (exact) mass is 553 g/mol. The van der Waals surface area contributed by atoms with Crippen LogP contribution >= 0.6 is 23.4 Å². The number of rotatable bonds is 6. The summed E-state index contributed by atoms with van der Waals surface area (Å²) in [7, 11) is 0. The largest absolute Gasteiger partial charge is 0.322 e. The summed E-state index contributed by atoms with van der Waals surface area (Å²) < 4.78 is 0. The summed E-state index contributed by atoms with van der Waals surface area (Å²) in [6.45, 7) is 1.96. The molecule has 2 N–H and O–H groups in total. The third kappa shape index (κ3) is 6.22. The van der Waals surface area contributed by atoms with Gasteiger partial charge in [0, 0.05) is 21.8 Å². The van der Waals surface area contributed by atoms with Gasteiger partial charge in [-0.3, -0.25) is 19.8 Å². The normalized spacial score (nSPS) is 15.8. The summed E-state index contributed by atoms with van der Waals surface area (Å²) >= 11 is 7.36. The molecule has 0 radical (unpaired) electrons. The van der Waals surface area contributed by atoms with Crippen LogP contribution in [0.25, 0.3) is 6.08 Å². The highest BCUT2D eigenvalue weighted by atomic mass is 35.5. The van der Waals surface area contributed by atoms with E-state index in [1.54, 1.807) is 54.6 Å². The Hall–Kier alpha value is -4.33. The molecule has 4 aromatic rings. The van der Waals surface area contributed by atoms with Gasteiger partial charge in [0.1, 0.15) is 5.37 Å². The highest BCUT2D eigenvalue weighted by Crippen LogP contribution is 2.45. The molecule has 8 heteroatoms. The molecule has 0 aromatic heterocycles. The van der Waals surface area contributed by atoms with Crippen LogP contribution in [0.5, 0.6) is 0 Å². The van der Waals surface area contributed by atoms with Crippen molar-refractivity contribution in [2.24, 2.45) is 0 Å². The molecule has 1 aliphatic rings. The minimum atomic E-state index is -0.436. The number of amides is 3. The second-order valence-corrected chi connectivity index (χ2v) is 10.5. The molecule has 194 valence electrons. The molecule has 4 aromatic carbocycles. The van der Waals surface area contributed by atoms with Crippen LogP contribution in [0.2, 0.25) is 5.02 Å². The second kappa shape index (κ2) is 11.6. The number of nitrogens with zero attached hydrogens (tertiary/aromatic N) is 1. The van der Waals surface area contributed by atoms with E-state index < -0.39 is 11.3 Å². The number of aryl methyl sites for hydroxylation is 1. The van der Waals surface area contributed by atoms with E-state index in [-0.39, 0.29) is 11.8 Å². The molecule has 0 saturated carbocycles. The van der Waals surface area contributed by atoms with Gasteiger partial charge in [-0.25, -0.2) is 5.01 Å². The average molecular weight is 554 g/mol. The maximum Gasteiger partial charge on any atom is 0.280 e. The topological polar surface area (TPSA) is 78.5 Å². The van der Waals surface area contributed by atoms with Crippen LogP contribution in [0.15, 0.2) is 108 Å². The molecular weight excluding hydrogens is 530 g/mol. The number of hydrazine groups is 1. The van der Waals surface area contributed by atoms with E-state index >= 15 is 0 Å². The number of halogens is 1. The van der Waals surface area contributed by atoms with Crippen LogP contribution in [0.3, 0.4) is 0 Å². The van der Waals surface area contributed by atoms with Gasteiger partial charge in [-0.1, -0.05) is 83.5 Å². The van der Waals surface area contributed by atoms with E-state index in [4.69, 9.17) is 11.6 Å². The molecule has 1 unspecified atom stereocenters. The van der Waals surface area contributed by atoms with Gasteiger partial charge < -0.3 is 5.32 Å². The minimum absolute atomic E-state index is 0.238. The van der Waals surface area contributed by atoms with Crippen molar-refractivity contribution in [1.82, 2.24) is 10.4 Å². The minimum Gasteiger partial charge on any atom is -0.322 e. The first-order valence-electron chi connectivity index (χ1n) is 12.2. The summed E-state index contributed by atoms with van der Waals surface area (Å²) in [6.07, 6.45) is 1.79. The zero-order valence-electron chi connectivity index (χ0n) is 20.9. The van der Waals surface area contributed by atoms with Gasteiger partial charge in [0.15, 0.2) is 0 Å². The number of nitrogens with one attached hydrogen (secondary N) is 2. The Labute approximate surface area is 235 Å². The maximum atomic E-state index is 13.4. The van der Waals surface area contributed by atoms with Gasteiger partial charge >= 0.3 is 0 Å². The van der Waals surface area contributed by atoms with Gasteiger partial charge in [0.05, 0.1) is 4.91 Å². The molecule has 1 saturated heterocycles. The van der Waals surface area contributed by atoms with Crippen molar-refractivity contribution in [2.75, 3.05) is 5.32 Å². The van der Waals surface area contributed by atoms with Crippen LogP contribution < -0.4 is 10.7 Å². The first-order valence-corrected chi connectivity index (χ1v) is 13.4. The van der Waals surface area contributed by atoms with Gasteiger partial charge in [-0.15, -0.1) is 0 Å². The summed E-state index contributed by atoms with van der Waals surface area (Å²) in [6, 6.07) is 30.5. The van der Waals surface area contributed by atoms with Crippen LogP contribution in [0.1, 0.15) is 42.8 Å². The Morgan fingerprint density at radius 1 is 0.821 bits per heavy atom. The highest BCUT2D eigenvalue weighted by Gasteiger charge is 2.38. The molecule has 0 spiro atoms. The lowest BCUT2D eigenvalue weighted by Crippen LogP contribution is -2.44. The molecule has 1 heterocycles. The molecule has 39 heavy (non-hydrogen) atoms. The Kier molecular flexibility index (Phi) is 7.81. The summed E-state index contributed by atoms with van der Waals surface area (Å²) in [5.74, 6) is -0.981. The van der Waals surface area contributed by atoms with E-state index in [1.165, 1.54) is 16.8 Å². The van der Waals surface area contributed by atoms with Crippen molar-refractivity contribution >= 4 is 52.8 Å². The smallest absolute Gasteiger partial charge is 0.280 e. The number of anilines is 1. The molecule has 5 rings (SSSR count). The summed E-state index contributed by atoms with van der Waals surface area (Å²) in [4.78, 5) is 39.6. The van der Waals surface area contributed by atoms with E-state index in [9.17, 15) is 14.4 Å². The lowest BCUT2D eigenvalue weighted by Gasteiger charge is -2.24. The van der Waals surface area contributed by atoms with Crippen LogP contribution in [0, 0.1) is 6.92 Å². The van der Waals surface area contributed by atoms with Gasteiger partial charge in [0.2, 0.25) is 0 Å². The molecule has 1 fully saturated rings. The number of carbonyl (C=O) groups excluding carboxylic acids is 3. The first-order chi connectivity index (χ1) is 18.9. The SMILES string of the molecule is Cc1ccc(C(=O)Nc2ccc(C(=O)NN3C(=O)/C(=C/c4ccc(Cl)cc4)SC3c3ccccc3)cc2)cc1. The Morgan fingerprint density at radius 2 is 1.44 bits per heavy atom. The van der Waals surface area contributed by atoms with Crippen LogP contribution in [0.4, 0.5) is 5.69 Å². The van der Waals surface area contributed by atoms with E-state index in [1.807, 2.05) is 61.5 Å². The molecule has 1 atom stereocenters. The Balaban J connectivity index is 1.32. The predicted octanol–water partition coefficient (Wildman–Crippen LogP) is 6.86. The second-order valence-electron chi connectivity index (χ2n) is 8.95. The van der Waals surface area contributed by atoms with Crippen molar-refractivity contribution in [2.45, 2.75) is 12.3 Å². The maximum absolute atomic E-state index is 13.4. The number of benzene rings is 4. The van der Waals surface area contributed by atoms with Crippen molar-refractivity contribution < 1.29 is 14.4 Å². The fraction of sp³-hybridized carbons (Fsp3) is 0.0645. The molecule has 3 amide bonds. The standard InChI is InChI=1S/C31H24ClN3O3S/c1-20-7-11-22(12-8-20)28(36)33-26-17-13-23(14-18-26)29(37)34-35-30(38)27(19-21-9-15-25(32)16-10-21)39-31(35)24-5-3-2-4-6-24/h2-19,31H,1H3,(H,33,36)(H,34,37)/b27-19-. The highest BCUT2D eigenvalue weighted by molar-refractivity contribution is 8.04. The summed E-state index contributed by atoms with van der Waals surface area (Å²) in [5, 5.41) is 4.36.